The summed E-state index contributed by atoms with van der Waals surface area (Å²) in [6.07, 6.45) is 0. The Morgan fingerprint density at radius 3 is 2.33 bits per heavy atom. The van der Waals surface area contributed by atoms with Gasteiger partial charge in [-0.1, -0.05) is 48.0 Å². The molecule has 0 aliphatic carbocycles. The topological polar surface area (TPSA) is 64.7 Å². The minimum Gasteiger partial charge on any atom is -0.354 e. The van der Waals surface area contributed by atoms with Crippen LogP contribution in [0.3, 0.4) is 0 Å². The van der Waals surface area contributed by atoms with E-state index in [1.165, 1.54) is 0 Å². The second-order valence-electron chi connectivity index (χ2n) is 8.12. The van der Waals surface area contributed by atoms with Gasteiger partial charge in [-0.25, -0.2) is 0 Å². The van der Waals surface area contributed by atoms with E-state index in [1.54, 1.807) is 24.1 Å². The van der Waals surface area contributed by atoms with Gasteiger partial charge in [-0.05, 0) is 56.1 Å². The molecule has 0 unspecified atom stereocenters. The lowest BCUT2D eigenvalue weighted by Crippen LogP contribution is -2.34. The Morgan fingerprint density at radius 1 is 0.970 bits per heavy atom. The van der Waals surface area contributed by atoms with Crippen molar-refractivity contribution >= 4 is 51.7 Å². The predicted octanol–water partition coefficient (Wildman–Crippen LogP) is 4.80. The van der Waals surface area contributed by atoms with Crippen LogP contribution in [0.25, 0.3) is 11.3 Å². The van der Waals surface area contributed by atoms with Crippen molar-refractivity contribution in [3.63, 3.8) is 0 Å². The van der Waals surface area contributed by atoms with Gasteiger partial charge < -0.3 is 20.4 Å². The summed E-state index contributed by atoms with van der Waals surface area (Å²) in [6.45, 7) is 0.333. The van der Waals surface area contributed by atoms with Crippen LogP contribution in [0.5, 0.6) is 0 Å². The first-order chi connectivity index (χ1) is 15.8. The van der Waals surface area contributed by atoms with E-state index in [9.17, 15) is 9.59 Å². The summed E-state index contributed by atoms with van der Waals surface area (Å²) < 4.78 is 0. The summed E-state index contributed by atoms with van der Waals surface area (Å²) in [6, 6.07) is 22.6. The predicted molar refractivity (Wildman–Crippen MR) is 135 cm³/mol. The van der Waals surface area contributed by atoms with Crippen LogP contribution < -0.4 is 15.5 Å². The average molecular weight is 461 g/mol. The number of rotatable bonds is 6. The lowest BCUT2D eigenvalue weighted by Gasteiger charge is -2.20. The first-order valence-electron chi connectivity index (χ1n) is 10.5. The molecule has 1 aliphatic heterocycles. The summed E-state index contributed by atoms with van der Waals surface area (Å²) in [4.78, 5) is 28.8. The van der Waals surface area contributed by atoms with Gasteiger partial charge in [0.05, 0.1) is 23.5 Å². The molecule has 7 heteroatoms. The number of anilines is 3. The minimum atomic E-state index is -0.191. The quantitative estimate of drug-likeness (QED) is 0.519. The van der Waals surface area contributed by atoms with Crippen LogP contribution in [0, 0.1) is 0 Å². The zero-order valence-corrected chi connectivity index (χ0v) is 19.5. The zero-order valence-electron chi connectivity index (χ0n) is 18.7. The summed E-state index contributed by atoms with van der Waals surface area (Å²) >= 11 is 6.12. The zero-order chi connectivity index (χ0) is 23.5. The Kier molecular flexibility index (Phi) is 6.49. The summed E-state index contributed by atoms with van der Waals surface area (Å²) in [7, 11) is 5.49. The van der Waals surface area contributed by atoms with Crippen LogP contribution in [0.15, 0.2) is 72.8 Å². The van der Waals surface area contributed by atoms with Crippen molar-refractivity contribution in [2.24, 2.45) is 0 Å². The smallest absolute Gasteiger partial charge is 0.258 e. The molecule has 1 aliphatic rings. The van der Waals surface area contributed by atoms with E-state index in [0.717, 1.165) is 22.5 Å². The SMILES string of the molecule is CN(C)CC(=O)N(C)c1ccc(NC(=C2C(=O)Nc3cc(Cl)ccc32)c2ccccc2)cc1. The number of amides is 2. The van der Waals surface area contributed by atoms with Crippen LogP contribution >= 0.6 is 11.6 Å². The third kappa shape index (κ3) is 4.92. The molecule has 0 spiro atoms. The molecule has 168 valence electrons. The molecule has 1 heterocycles. The fourth-order valence-electron chi connectivity index (χ4n) is 3.71. The molecule has 0 bridgehead atoms. The fraction of sp³-hybridized carbons (Fsp3) is 0.154. The maximum atomic E-state index is 13.0. The van der Waals surface area contributed by atoms with E-state index >= 15 is 0 Å². The molecule has 3 aromatic rings. The number of carbonyl (C=O) groups excluding carboxylic acids is 2. The molecule has 0 saturated carbocycles. The van der Waals surface area contributed by atoms with Gasteiger partial charge >= 0.3 is 0 Å². The maximum Gasteiger partial charge on any atom is 0.258 e. The van der Waals surface area contributed by atoms with Gasteiger partial charge in [0.2, 0.25) is 5.91 Å². The number of likely N-dealkylation sites (N-methyl/N-ethyl adjacent to an activating group) is 2. The molecule has 2 N–H and O–H groups in total. The third-order valence-corrected chi connectivity index (χ3v) is 5.62. The first-order valence-corrected chi connectivity index (χ1v) is 10.9. The Balaban J connectivity index is 1.70. The summed E-state index contributed by atoms with van der Waals surface area (Å²) in [5, 5.41) is 6.89. The number of nitrogens with one attached hydrogen (secondary N) is 2. The molecular weight excluding hydrogens is 436 g/mol. The van der Waals surface area contributed by atoms with Crippen molar-refractivity contribution in [1.29, 1.82) is 0 Å². The fourth-order valence-corrected chi connectivity index (χ4v) is 3.88. The summed E-state index contributed by atoms with van der Waals surface area (Å²) in [5.41, 5.74) is 5.20. The Morgan fingerprint density at radius 2 is 1.67 bits per heavy atom. The van der Waals surface area contributed by atoms with E-state index < -0.39 is 0 Å². The number of carbonyl (C=O) groups is 2. The molecule has 4 rings (SSSR count). The van der Waals surface area contributed by atoms with Gasteiger partial charge in [0.25, 0.3) is 5.91 Å². The first kappa shape index (κ1) is 22.6. The van der Waals surface area contributed by atoms with Crippen molar-refractivity contribution in [2.75, 3.05) is 43.2 Å². The van der Waals surface area contributed by atoms with Crippen molar-refractivity contribution in [3.05, 3.63) is 88.9 Å². The van der Waals surface area contributed by atoms with Crippen LogP contribution in [0.1, 0.15) is 11.1 Å². The van der Waals surface area contributed by atoms with Gasteiger partial charge in [-0.2, -0.15) is 0 Å². The highest BCUT2D eigenvalue weighted by molar-refractivity contribution is 6.38. The largest absolute Gasteiger partial charge is 0.354 e. The molecule has 0 radical (unpaired) electrons. The van der Waals surface area contributed by atoms with Crippen molar-refractivity contribution in [3.8, 4) is 0 Å². The van der Waals surface area contributed by atoms with Gasteiger partial charge in [-0.3, -0.25) is 9.59 Å². The highest BCUT2D eigenvalue weighted by Gasteiger charge is 2.28. The minimum absolute atomic E-state index is 0.00527. The molecule has 0 aromatic heterocycles. The lowest BCUT2D eigenvalue weighted by atomic mass is 10.00. The average Bonchev–Trinajstić information content (AvgIpc) is 3.12. The molecular formula is C26H25ClN4O2. The highest BCUT2D eigenvalue weighted by atomic mass is 35.5. The second-order valence-corrected chi connectivity index (χ2v) is 8.56. The number of nitrogens with zero attached hydrogens (tertiary/aromatic N) is 2. The lowest BCUT2D eigenvalue weighted by molar-refractivity contribution is -0.119. The molecule has 6 nitrogen and oxygen atoms in total. The Hall–Kier alpha value is -3.61. The monoisotopic (exact) mass is 460 g/mol. The van der Waals surface area contributed by atoms with Crippen LogP contribution in [-0.2, 0) is 9.59 Å². The normalized spacial score (nSPS) is 14.0. The highest BCUT2D eigenvalue weighted by Crippen LogP contribution is 2.38. The Labute approximate surface area is 198 Å². The van der Waals surface area contributed by atoms with Gasteiger partial charge in [0.1, 0.15) is 0 Å². The second kappa shape index (κ2) is 9.48. The van der Waals surface area contributed by atoms with Gasteiger partial charge in [0.15, 0.2) is 0 Å². The van der Waals surface area contributed by atoms with Gasteiger partial charge in [0, 0.05) is 29.0 Å². The van der Waals surface area contributed by atoms with E-state index in [1.807, 2.05) is 79.7 Å². The number of halogens is 1. The molecule has 33 heavy (non-hydrogen) atoms. The Bertz CT molecular complexity index is 1220. The molecule has 0 fully saturated rings. The number of hydrogen-bond donors (Lipinski definition) is 2. The van der Waals surface area contributed by atoms with Crippen molar-refractivity contribution in [1.82, 2.24) is 4.90 Å². The van der Waals surface area contributed by atoms with E-state index in [-0.39, 0.29) is 11.8 Å². The molecule has 0 atom stereocenters. The van der Waals surface area contributed by atoms with Crippen LogP contribution in [0.2, 0.25) is 5.02 Å². The van der Waals surface area contributed by atoms with Crippen molar-refractivity contribution in [2.45, 2.75) is 0 Å². The van der Waals surface area contributed by atoms with E-state index in [2.05, 4.69) is 10.6 Å². The van der Waals surface area contributed by atoms with E-state index in [4.69, 9.17) is 11.6 Å². The van der Waals surface area contributed by atoms with Gasteiger partial charge in [-0.15, -0.1) is 0 Å². The van der Waals surface area contributed by atoms with Crippen molar-refractivity contribution < 1.29 is 9.59 Å². The third-order valence-electron chi connectivity index (χ3n) is 5.39. The summed E-state index contributed by atoms with van der Waals surface area (Å²) in [5.74, 6) is -0.185. The maximum absolute atomic E-state index is 13.0. The molecule has 0 saturated heterocycles. The molecule has 3 aromatic carbocycles. The van der Waals surface area contributed by atoms with Crippen LogP contribution in [0.4, 0.5) is 17.1 Å². The number of benzene rings is 3. The standard InChI is InChI=1S/C26H25ClN4O2/c1-30(2)16-23(32)31(3)20-12-10-19(11-13-20)28-25(17-7-5-4-6-8-17)24-21-14-9-18(27)15-22(21)29-26(24)33/h4-15,28H,16H2,1-3H3,(H,29,33). The number of fused-ring (bicyclic) bond motifs is 1. The van der Waals surface area contributed by atoms with Crippen LogP contribution in [-0.4, -0.2) is 44.4 Å². The van der Waals surface area contributed by atoms with E-state index in [0.29, 0.717) is 28.5 Å². The number of hydrogen-bond acceptors (Lipinski definition) is 4. The molecule has 2 amide bonds.